The second-order valence-corrected chi connectivity index (χ2v) is 9.01. The first kappa shape index (κ1) is 27.2. The monoisotopic (exact) mass is 434 g/mol. The third kappa shape index (κ3) is 18.6. The van der Waals surface area contributed by atoms with E-state index in [0.717, 1.165) is 11.1 Å². The van der Waals surface area contributed by atoms with E-state index in [1.807, 2.05) is 48.5 Å². The van der Waals surface area contributed by atoms with Crippen LogP contribution in [0, 0.1) is 0 Å². The van der Waals surface area contributed by atoms with E-state index >= 15 is 0 Å². The number of ketones is 2. The molecule has 2 aromatic rings. The third-order valence-electron chi connectivity index (χ3n) is 3.49. The molecular formula is C23H30O6S. The van der Waals surface area contributed by atoms with Crippen LogP contribution in [0.15, 0.2) is 60.7 Å². The zero-order valence-corrected chi connectivity index (χ0v) is 18.5. The lowest BCUT2D eigenvalue weighted by molar-refractivity contribution is -0.137. The van der Waals surface area contributed by atoms with Gasteiger partial charge in [0.15, 0.2) is 9.84 Å². The second kappa shape index (κ2) is 15.1. The van der Waals surface area contributed by atoms with Crippen LogP contribution in [0.25, 0.3) is 0 Å². The molecule has 0 heterocycles. The Morgan fingerprint density at radius 3 is 1.60 bits per heavy atom. The summed E-state index contributed by atoms with van der Waals surface area (Å²) in [6.45, 7) is 3.06. The molecule has 0 saturated carbocycles. The van der Waals surface area contributed by atoms with Crippen molar-refractivity contribution in [2.24, 2.45) is 0 Å². The summed E-state index contributed by atoms with van der Waals surface area (Å²) < 4.78 is 21.6. The molecule has 0 saturated heterocycles. The van der Waals surface area contributed by atoms with Crippen molar-refractivity contribution in [3.8, 4) is 0 Å². The third-order valence-corrected chi connectivity index (χ3v) is 4.34. The zero-order chi connectivity index (χ0) is 23.0. The summed E-state index contributed by atoms with van der Waals surface area (Å²) in [4.78, 5) is 30.7. The number of hydrogen-bond donors (Lipinski definition) is 1. The zero-order valence-electron chi connectivity index (χ0n) is 17.7. The number of aliphatic carboxylic acids is 1. The van der Waals surface area contributed by atoms with Gasteiger partial charge >= 0.3 is 5.97 Å². The van der Waals surface area contributed by atoms with Gasteiger partial charge in [0, 0.05) is 25.5 Å². The van der Waals surface area contributed by atoms with Gasteiger partial charge in [-0.05, 0) is 31.4 Å². The normalized spacial score (nSPS) is 9.97. The summed E-state index contributed by atoms with van der Waals surface area (Å²) in [6.07, 6.45) is 2.73. The minimum Gasteiger partial charge on any atom is -0.481 e. The molecule has 7 heteroatoms. The average Bonchev–Trinajstić information content (AvgIpc) is 2.62. The molecule has 2 rings (SSSR count). The predicted molar refractivity (Wildman–Crippen MR) is 118 cm³/mol. The molecule has 0 bridgehead atoms. The highest BCUT2D eigenvalue weighted by molar-refractivity contribution is 7.89. The number of rotatable bonds is 8. The summed E-state index contributed by atoms with van der Waals surface area (Å²) >= 11 is 0. The SMILES string of the molecule is CC(=O)CCCC(=O)O.CC(=O)Cc1ccccc1.CS(=O)(=O)Cc1ccccc1. The van der Waals surface area contributed by atoms with Gasteiger partial charge in [-0.1, -0.05) is 60.7 Å². The molecule has 0 radical (unpaired) electrons. The van der Waals surface area contributed by atoms with Gasteiger partial charge in [-0.15, -0.1) is 0 Å². The molecule has 0 unspecified atom stereocenters. The van der Waals surface area contributed by atoms with E-state index in [1.54, 1.807) is 19.1 Å². The lowest BCUT2D eigenvalue weighted by Crippen LogP contribution is -1.99. The number of carbonyl (C=O) groups is 3. The fourth-order valence-electron chi connectivity index (χ4n) is 2.25. The summed E-state index contributed by atoms with van der Waals surface area (Å²) in [6, 6.07) is 18.9. The standard InChI is InChI=1S/C9H10O.C8H10O2S.C6H10O3/c1-8(10)7-9-5-3-2-4-6-9;1-11(9,10)7-8-5-3-2-4-6-8;1-5(7)3-2-4-6(8)9/h2-6H,7H2,1H3;2-6H,7H2,1H3;2-4H2,1H3,(H,8,9). The number of benzene rings is 2. The first-order valence-electron chi connectivity index (χ1n) is 9.46. The van der Waals surface area contributed by atoms with Gasteiger partial charge in [-0.2, -0.15) is 0 Å². The summed E-state index contributed by atoms with van der Waals surface area (Å²) in [7, 11) is -2.88. The quantitative estimate of drug-likeness (QED) is 0.676. The Kier molecular flexibility index (Phi) is 13.7. The highest BCUT2D eigenvalue weighted by atomic mass is 32.2. The van der Waals surface area contributed by atoms with Crippen molar-refractivity contribution in [1.29, 1.82) is 0 Å². The van der Waals surface area contributed by atoms with Gasteiger partial charge in [-0.25, -0.2) is 8.42 Å². The van der Waals surface area contributed by atoms with Gasteiger partial charge in [0.25, 0.3) is 0 Å². The molecular weight excluding hydrogens is 404 g/mol. The second-order valence-electron chi connectivity index (χ2n) is 6.87. The van der Waals surface area contributed by atoms with Gasteiger partial charge < -0.3 is 9.90 Å². The smallest absolute Gasteiger partial charge is 0.303 e. The van der Waals surface area contributed by atoms with Crippen molar-refractivity contribution in [2.45, 2.75) is 45.3 Å². The molecule has 0 fully saturated rings. The highest BCUT2D eigenvalue weighted by Gasteiger charge is 2.02. The highest BCUT2D eigenvalue weighted by Crippen LogP contribution is 2.03. The maximum absolute atomic E-state index is 10.8. The number of Topliss-reactive ketones (excluding diaryl/α,β-unsaturated/α-hetero) is 2. The maximum Gasteiger partial charge on any atom is 0.303 e. The lowest BCUT2D eigenvalue weighted by atomic mass is 10.1. The van der Waals surface area contributed by atoms with Crippen molar-refractivity contribution in [3.63, 3.8) is 0 Å². The van der Waals surface area contributed by atoms with E-state index in [1.165, 1.54) is 13.2 Å². The molecule has 0 aromatic heterocycles. The topological polar surface area (TPSA) is 106 Å². The molecule has 164 valence electrons. The predicted octanol–water partition coefficient (Wildman–Crippen LogP) is 3.88. The van der Waals surface area contributed by atoms with Crippen LogP contribution in [-0.4, -0.2) is 37.3 Å². The minimum atomic E-state index is -2.88. The summed E-state index contributed by atoms with van der Waals surface area (Å²) in [5.74, 6) is -0.438. The molecule has 1 N–H and O–H groups in total. The van der Waals surface area contributed by atoms with Crippen LogP contribution in [-0.2, 0) is 36.4 Å². The van der Waals surface area contributed by atoms with Crippen LogP contribution in [0.4, 0.5) is 0 Å². The van der Waals surface area contributed by atoms with Crippen molar-refractivity contribution in [3.05, 3.63) is 71.8 Å². The Morgan fingerprint density at radius 2 is 1.23 bits per heavy atom. The first-order valence-corrected chi connectivity index (χ1v) is 11.5. The Hall–Kier alpha value is -2.80. The fourth-order valence-corrected chi connectivity index (χ4v) is 3.05. The molecule has 0 atom stereocenters. The van der Waals surface area contributed by atoms with Gasteiger partial charge in [0.1, 0.15) is 11.6 Å². The molecule has 0 spiro atoms. The number of carbonyl (C=O) groups excluding carboxylic acids is 2. The average molecular weight is 435 g/mol. The van der Waals surface area contributed by atoms with Crippen LogP contribution in [0.5, 0.6) is 0 Å². The van der Waals surface area contributed by atoms with Crippen molar-refractivity contribution in [2.75, 3.05) is 6.26 Å². The van der Waals surface area contributed by atoms with E-state index in [9.17, 15) is 22.8 Å². The van der Waals surface area contributed by atoms with E-state index in [2.05, 4.69) is 0 Å². The van der Waals surface area contributed by atoms with Crippen LogP contribution >= 0.6 is 0 Å². The number of carboxylic acid groups (broad SMARTS) is 1. The van der Waals surface area contributed by atoms with E-state index in [0.29, 0.717) is 19.3 Å². The molecule has 0 aliphatic rings. The number of carboxylic acids is 1. The Morgan fingerprint density at radius 1 is 0.767 bits per heavy atom. The Balaban J connectivity index is 0.000000423. The number of hydrogen-bond acceptors (Lipinski definition) is 5. The minimum absolute atomic E-state index is 0.0521. The van der Waals surface area contributed by atoms with Crippen LogP contribution in [0.3, 0.4) is 0 Å². The Labute approximate surface area is 178 Å². The molecule has 2 aromatic carbocycles. The first-order chi connectivity index (χ1) is 14.0. The molecule has 30 heavy (non-hydrogen) atoms. The van der Waals surface area contributed by atoms with Crippen molar-refractivity contribution >= 4 is 27.4 Å². The van der Waals surface area contributed by atoms with Gasteiger partial charge in [0.05, 0.1) is 5.75 Å². The van der Waals surface area contributed by atoms with E-state index in [4.69, 9.17) is 5.11 Å². The number of sulfone groups is 1. The molecule has 0 aliphatic carbocycles. The van der Waals surface area contributed by atoms with Crippen molar-refractivity contribution < 1.29 is 27.9 Å². The van der Waals surface area contributed by atoms with E-state index < -0.39 is 15.8 Å². The van der Waals surface area contributed by atoms with Crippen LogP contribution in [0.2, 0.25) is 0 Å². The van der Waals surface area contributed by atoms with Crippen molar-refractivity contribution in [1.82, 2.24) is 0 Å². The fraction of sp³-hybridized carbons (Fsp3) is 0.348. The molecule has 0 aliphatic heterocycles. The van der Waals surface area contributed by atoms with Gasteiger partial charge in [-0.3, -0.25) is 9.59 Å². The largest absolute Gasteiger partial charge is 0.481 e. The molecule has 6 nitrogen and oxygen atoms in total. The Bertz CT molecular complexity index is 860. The molecule has 0 amide bonds. The lowest BCUT2D eigenvalue weighted by Gasteiger charge is -1.96. The van der Waals surface area contributed by atoms with Gasteiger partial charge in [0.2, 0.25) is 0 Å². The van der Waals surface area contributed by atoms with Crippen LogP contribution < -0.4 is 0 Å². The van der Waals surface area contributed by atoms with E-state index in [-0.39, 0.29) is 23.7 Å². The summed E-state index contributed by atoms with van der Waals surface area (Å²) in [5, 5.41) is 8.12. The maximum atomic E-state index is 10.8. The van der Waals surface area contributed by atoms with Crippen LogP contribution in [0.1, 0.15) is 44.2 Å². The summed E-state index contributed by atoms with van der Waals surface area (Å²) in [5.41, 5.74) is 1.94.